The number of halogens is 2. The van der Waals surface area contributed by atoms with Crippen LogP contribution in [0.15, 0.2) is 15.7 Å². The summed E-state index contributed by atoms with van der Waals surface area (Å²) in [4.78, 5) is 4.08. The second kappa shape index (κ2) is 6.10. The lowest BCUT2D eigenvalue weighted by Crippen LogP contribution is -2.08. The van der Waals surface area contributed by atoms with Crippen LogP contribution in [-0.2, 0) is 35.5 Å². The average molecular weight is 396 g/mol. The molecule has 0 fully saturated rings. The second-order valence-corrected chi connectivity index (χ2v) is 7.91. The highest BCUT2D eigenvalue weighted by Crippen LogP contribution is 2.24. The lowest BCUT2D eigenvalue weighted by Gasteiger charge is -2.07. The Hall–Kier alpha value is -0.860. The molecule has 0 aromatic carbocycles. The van der Waals surface area contributed by atoms with Crippen molar-refractivity contribution in [3.8, 4) is 0 Å². The number of aryl methyl sites for hydroxylation is 3. The summed E-state index contributed by atoms with van der Waals surface area (Å²) in [5.74, 6) is 0.667. The molecule has 0 spiro atoms. The molecule has 2 heterocycles. The highest BCUT2D eigenvalue weighted by molar-refractivity contribution is 9.10. The van der Waals surface area contributed by atoms with Gasteiger partial charge in [-0.25, -0.2) is 13.4 Å². The lowest BCUT2D eigenvalue weighted by molar-refractivity contribution is 0.606. The number of imidazole rings is 1. The van der Waals surface area contributed by atoms with Gasteiger partial charge in [-0.05, 0) is 22.4 Å². The van der Waals surface area contributed by atoms with E-state index in [0.29, 0.717) is 18.8 Å². The molecule has 0 aliphatic carbocycles. The van der Waals surface area contributed by atoms with Crippen LogP contribution in [0.25, 0.3) is 0 Å². The maximum Gasteiger partial charge on any atom is 0.280 e. The fourth-order valence-electron chi connectivity index (χ4n) is 2.12. The minimum Gasteiger partial charge on any atom is -0.327 e. The van der Waals surface area contributed by atoms with E-state index in [2.05, 4.69) is 26.0 Å². The van der Waals surface area contributed by atoms with Gasteiger partial charge in [-0.2, -0.15) is 5.10 Å². The summed E-state index contributed by atoms with van der Waals surface area (Å²) in [6.07, 6.45) is 2.90. The van der Waals surface area contributed by atoms with Crippen molar-refractivity contribution in [1.29, 1.82) is 0 Å². The third-order valence-corrected chi connectivity index (χ3v) is 5.31. The maximum absolute atomic E-state index is 11.4. The monoisotopic (exact) mass is 394 g/mol. The van der Waals surface area contributed by atoms with Gasteiger partial charge in [0, 0.05) is 30.3 Å². The minimum atomic E-state index is -3.82. The molecule has 21 heavy (non-hydrogen) atoms. The quantitative estimate of drug-likeness (QED) is 0.729. The van der Waals surface area contributed by atoms with E-state index in [1.54, 1.807) is 9.25 Å². The molecule has 6 nitrogen and oxygen atoms in total. The van der Waals surface area contributed by atoms with E-state index in [9.17, 15) is 8.42 Å². The van der Waals surface area contributed by atoms with Gasteiger partial charge in [-0.3, -0.25) is 4.68 Å². The highest BCUT2D eigenvalue weighted by Gasteiger charge is 2.19. The zero-order valence-electron chi connectivity index (χ0n) is 12.0. The Bertz CT molecular complexity index is 767. The first-order chi connectivity index (χ1) is 9.77. The molecule has 2 aromatic rings. The van der Waals surface area contributed by atoms with Crippen molar-refractivity contribution in [2.75, 3.05) is 0 Å². The smallest absolute Gasteiger partial charge is 0.280 e. The number of rotatable bonds is 5. The molecule has 9 heteroatoms. The summed E-state index contributed by atoms with van der Waals surface area (Å²) in [6.45, 7) is 4.43. The normalized spacial score (nSPS) is 12.0. The van der Waals surface area contributed by atoms with Crippen LogP contribution in [0.2, 0.25) is 0 Å². The van der Waals surface area contributed by atoms with Gasteiger partial charge in [-0.1, -0.05) is 13.8 Å². The topological polar surface area (TPSA) is 69.8 Å². The molecule has 0 N–H and O–H groups in total. The fraction of sp³-hybridized carbons (Fsp3) is 0.500. The molecule has 0 aliphatic heterocycles. The molecular weight excluding hydrogens is 380 g/mol. The summed E-state index contributed by atoms with van der Waals surface area (Å²) in [7, 11) is 3.40. The van der Waals surface area contributed by atoms with Crippen LogP contribution in [0.4, 0.5) is 0 Å². The summed E-state index contributed by atoms with van der Waals surface area (Å²) < 4.78 is 27.3. The van der Waals surface area contributed by atoms with Crippen LogP contribution in [0.3, 0.4) is 0 Å². The van der Waals surface area contributed by atoms with Crippen molar-refractivity contribution < 1.29 is 8.42 Å². The Morgan fingerprint density at radius 1 is 1.33 bits per heavy atom. The van der Waals surface area contributed by atoms with Gasteiger partial charge in [0.15, 0.2) is 5.03 Å². The first-order valence-corrected chi connectivity index (χ1v) is 9.59. The molecular formula is C12H16BrClN4O2S. The molecule has 0 unspecified atom stereocenters. The lowest BCUT2D eigenvalue weighted by atomic mass is 10.3. The molecule has 0 radical (unpaired) electrons. The van der Waals surface area contributed by atoms with Crippen molar-refractivity contribution >= 4 is 35.7 Å². The largest absolute Gasteiger partial charge is 0.327 e. The van der Waals surface area contributed by atoms with Gasteiger partial charge in [0.25, 0.3) is 9.05 Å². The van der Waals surface area contributed by atoms with Crippen molar-refractivity contribution in [3.63, 3.8) is 0 Å². The molecule has 0 saturated heterocycles. The third kappa shape index (κ3) is 3.32. The van der Waals surface area contributed by atoms with Gasteiger partial charge in [-0.15, -0.1) is 0 Å². The van der Waals surface area contributed by atoms with Gasteiger partial charge < -0.3 is 4.57 Å². The number of hydrogen-bond donors (Lipinski definition) is 0. The Morgan fingerprint density at radius 3 is 2.48 bits per heavy atom. The Kier molecular flexibility index (Phi) is 4.79. The van der Waals surface area contributed by atoms with E-state index in [1.807, 2.05) is 20.9 Å². The van der Waals surface area contributed by atoms with Crippen LogP contribution in [0.1, 0.15) is 31.1 Å². The van der Waals surface area contributed by atoms with Gasteiger partial charge in [0.1, 0.15) is 5.82 Å². The summed E-state index contributed by atoms with van der Waals surface area (Å²) in [6, 6.07) is 0. The first-order valence-electron chi connectivity index (χ1n) is 6.48. The van der Waals surface area contributed by atoms with Crippen LogP contribution in [-0.4, -0.2) is 27.7 Å². The Labute approximate surface area is 136 Å². The van der Waals surface area contributed by atoms with Crippen molar-refractivity contribution in [2.24, 2.45) is 7.05 Å². The van der Waals surface area contributed by atoms with Crippen LogP contribution in [0.5, 0.6) is 0 Å². The van der Waals surface area contributed by atoms with E-state index in [0.717, 1.165) is 22.3 Å². The highest BCUT2D eigenvalue weighted by atomic mass is 79.9. The zero-order chi connectivity index (χ0) is 15.8. The predicted molar refractivity (Wildman–Crippen MR) is 84.0 cm³/mol. The maximum atomic E-state index is 11.4. The summed E-state index contributed by atoms with van der Waals surface area (Å²) in [5, 5.41) is 4.31. The second-order valence-electron chi connectivity index (χ2n) is 4.60. The summed E-state index contributed by atoms with van der Waals surface area (Å²) in [5.41, 5.74) is 1.92. The van der Waals surface area contributed by atoms with Gasteiger partial charge >= 0.3 is 0 Å². The third-order valence-electron chi connectivity index (χ3n) is 3.23. The van der Waals surface area contributed by atoms with E-state index in [4.69, 9.17) is 10.7 Å². The SMILES string of the molecule is CCc1nn(C)c(Cn2cc(S(=O)(=O)Cl)nc2CC)c1Br. The first kappa shape index (κ1) is 16.5. The van der Waals surface area contributed by atoms with E-state index in [-0.39, 0.29) is 5.03 Å². The summed E-state index contributed by atoms with van der Waals surface area (Å²) >= 11 is 3.55. The van der Waals surface area contributed by atoms with Crippen molar-refractivity contribution in [1.82, 2.24) is 19.3 Å². The molecule has 0 saturated carbocycles. The Morgan fingerprint density at radius 2 is 2.00 bits per heavy atom. The van der Waals surface area contributed by atoms with Crippen molar-refractivity contribution in [2.45, 2.75) is 38.3 Å². The van der Waals surface area contributed by atoms with Crippen LogP contribution < -0.4 is 0 Å². The van der Waals surface area contributed by atoms with E-state index < -0.39 is 9.05 Å². The number of nitrogens with zero attached hydrogens (tertiary/aromatic N) is 4. The average Bonchev–Trinajstić information content (AvgIpc) is 2.94. The molecule has 2 rings (SSSR count). The van der Waals surface area contributed by atoms with Crippen molar-refractivity contribution in [3.05, 3.63) is 27.9 Å². The molecule has 0 amide bonds. The van der Waals surface area contributed by atoms with Crippen LogP contribution >= 0.6 is 26.6 Å². The van der Waals surface area contributed by atoms with Gasteiger partial charge in [0.05, 0.1) is 22.4 Å². The van der Waals surface area contributed by atoms with E-state index in [1.165, 1.54) is 6.20 Å². The minimum absolute atomic E-state index is 0.116. The van der Waals surface area contributed by atoms with E-state index >= 15 is 0 Å². The fourth-order valence-corrected chi connectivity index (χ4v) is 3.55. The molecule has 116 valence electrons. The number of hydrogen-bond acceptors (Lipinski definition) is 4. The Balaban J connectivity index is 2.45. The molecule has 2 aromatic heterocycles. The predicted octanol–water partition coefficient (Wildman–Crippen LogP) is 2.48. The molecule has 0 bridgehead atoms. The van der Waals surface area contributed by atoms with Gasteiger partial charge in [0.2, 0.25) is 0 Å². The molecule has 0 aliphatic rings. The molecule has 0 atom stereocenters. The standard InChI is InChI=1S/C12H16BrClN4O2S/c1-4-8-12(13)9(17(3)16-8)6-18-7-11(21(14,19)20)15-10(18)5-2/h7H,4-6H2,1-3H3. The zero-order valence-corrected chi connectivity index (χ0v) is 15.1. The van der Waals surface area contributed by atoms with Crippen LogP contribution in [0, 0.1) is 0 Å². The number of aromatic nitrogens is 4.